The third-order valence-electron chi connectivity index (χ3n) is 3.75. The average molecular weight is 382 g/mol. The number of rotatable bonds is 7. The summed E-state index contributed by atoms with van der Waals surface area (Å²) in [5, 5.41) is 15.1. The van der Waals surface area contributed by atoms with Crippen LogP contribution in [0.25, 0.3) is 6.08 Å². The summed E-state index contributed by atoms with van der Waals surface area (Å²) in [6.45, 7) is 2.55. The van der Waals surface area contributed by atoms with Crippen molar-refractivity contribution >= 4 is 35.2 Å². The first-order chi connectivity index (χ1) is 13.0. The molecule has 0 radical (unpaired) electrons. The Morgan fingerprint density at radius 2 is 1.96 bits per heavy atom. The predicted molar refractivity (Wildman–Crippen MR) is 107 cm³/mol. The van der Waals surface area contributed by atoms with Crippen LogP contribution in [0.4, 0.5) is 5.69 Å². The van der Waals surface area contributed by atoms with Gasteiger partial charge in [-0.15, -0.1) is 0 Å². The number of hydrogen-bond donors (Lipinski definition) is 2. The number of nitrogens with zero attached hydrogens (tertiary/aromatic N) is 1. The Morgan fingerprint density at radius 3 is 2.67 bits per heavy atom. The number of nitriles is 1. The molecule has 2 aromatic rings. The largest absolute Gasteiger partial charge is 0.351 e. The molecule has 0 aliphatic carbocycles. The van der Waals surface area contributed by atoms with Gasteiger partial charge in [-0.05, 0) is 42.3 Å². The lowest BCUT2D eigenvalue weighted by atomic mass is 10.1. The first-order valence-electron chi connectivity index (χ1n) is 8.61. The van der Waals surface area contributed by atoms with Gasteiger partial charge in [0.25, 0.3) is 11.8 Å². The fourth-order valence-corrected chi connectivity index (χ4v) is 2.56. The fourth-order valence-electron chi connectivity index (χ4n) is 2.34. The van der Waals surface area contributed by atoms with Crippen LogP contribution in [0.3, 0.4) is 0 Å². The molecule has 0 spiro atoms. The van der Waals surface area contributed by atoms with Crippen molar-refractivity contribution in [3.63, 3.8) is 0 Å². The Kier molecular flexibility index (Phi) is 7.60. The van der Waals surface area contributed by atoms with Crippen LogP contribution in [-0.4, -0.2) is 18.4 Å². The molecule has 0 heterocycles. The van der Waals surface area contributed by atoms with Crippen molar-refractivity contribution in [1.29, 1.82) is 5.26 Å². The Morgan fingerprint density at radius 1 is 1.19 bits per heavy atom. The van der Waals surface area contributed by atoms with Crippen LogP contribution < -0.4 is 10.6 Å². The second-order valence-corrected chi connectivity index (χ2v) is 6.25. The summed E-state index contributed by atoms with van der Waals surface area (Å²) in [5.74, 6) is -0.740. The third-order valence-corrected chi connectivity index (χ3v) is 4.08. The van der Waals surface area contributed by atoms with E-state index < -0.39 is 5.91 Å². The van der Waals surface area contributed by atoms with Crippen LogP contribution in [0.1, 0.15) is 35.7 Å². The lowest BCUT2D eigenvalue weighted by molar-refractivity contribution is -0.117. The van der Waals surface area contributed by atoms with Gasteiger partial charge in [0.05, 0.1) is 10.6 Å². The minimum Gasteiger partial charge on any atom is -0.351 e. The standard InChI is InChI=1S/C21H20ClN3O2/c1-2-3-11-24-20(26)16(14-23)12-15-7-6-8-17(13-15)25-21(27)18-9-4-5-10-19(18)22/h4-10,12-13H,2-3,11H2,1H3,(H,24,26)(H,25,27)/b16-12+. The van der Waals surface area contributed by atoms with Crippen molar-refractivity contribution in [2.24, 2.45) is 0 Å². The van der Waals surface area contributed by atoms with E-state index >= 15 is 0 Å². The van der Waals surface area contributed by atoms with Gasteiger partial charge in [-0.1, -0.05) is 49.2 Å². The number of carbonyl (C=O) groups excluding carboxylic acids is 2. The van der Waals surface area contributed by atoms with E-state index in [2.05, 4.69) is 10.6 Å². The number of benzene rings is 2. The molecule has 2 N–H and O–H groups in total. The first-order valence-corrected chi connectivity index (χ1v) is 8.99. The average Bonchev–Trinajstić information content (AvgIpc) is 2.66. The van der Waals surface area contributed by atoms with Crippen molar-refractivity contribution in [1.82, 2.24) is 5.32 Å². The summed E-state index contributed by atoms with van der Waals surface area (Å²) in [6, 6.07) is 15.6. The molecule has 5 nitrogen and oxygen atoms in total. The maximum atomic E-state index is 12.4. The molecule has 27 heavy (non-hydrogen) atoms. The molecular formula is C21H20ClN3O2. The van der Waals surface area contributed by atoms with Crippen LogP contribution in [0.15, 0.2) is 54.1 Å². The minimum atomic E-state index is -0.406. The number of hydrogen-bond acceptors (Lipinski definition) is 3. The van der Waals surface area contributed by atoms with Crippen molar-refractivity contribution in [2.75, 3.05) is 11.9 Å². The van der Waals surface area contributed by atoms with E-state index in [4.69, 9.17) is 11.6 Å². The molecule has 0 aliphatic heterocycles. The number of amides is 2. The van der Waals surface area contributed by atoms with Crippen LogP contribution in [0.2, 0.25) is 5.02 Å². The minimum absolute atomic E-state index is 0.0145. The monoisotopic (exact) mass is 381 g/mol. The smallest absolute Gasteiger partial charge is 0.261 e. The van der Waals surface area contributed by atoms with Gasteiger partial charge in [0.15, 0.2) is 0 Å². The predicted octanol–water partition coefficient (Wildman–Crippen LogP) is 4.42. The molecule has 0 unspecified atom stereocenters. The van der Waals surface area contributed by atoms with Gasteiger partial charge in [0, 0.05) is 12.2 Å². The Bertz CT molecular complexity index is 900. The highest BCUT2D eigenvalue weighted by Gasteiger charge is 2.11. The Labute approximate surface area is 163 Å². The van der Waals surface area contributed by atoms with Crippen molar-refractivity contribution in [2.45, 2.75) is 19.8 Å². The van der Waals surface area contributed by atoms with Gasteiger partial charge < -0.3 is 10.6 Å². The molecular weight excluding hydrogens is 362 g/mol. The summed E-state index contributed by atoms with van der Waals surface area (Å²) in [5.41, 5.74) is 1.56. The topological polar surface area (TPSA) is 82.0 Å². The van der Waals surface area contributed by atoms with E-state index in [1.807, 2.05) is 13.0 Å². The fraction of sp³-hybridized carbons (Fsp3) is 0.190. The summed E-state index contributed by atoms with van der Waals surface area (Å²) >= 11 is 6.04. The van der Waals surface area contributed by atoms with Gasteiger partial charge in [-0.25, -0.2) is 0 Å². The maximum absolute atomic E-state index is 12.4. The molecule has 6 heteroatoms. The third kappa shape index (κ3) is 5.98. The van der Waals surface area contributed by atoms with E-state index in [1.165, 1.54) is 6.08 Å². The highest BCUT2D eigenvalue weighted by atomic mass is 35.5. The molecule has 0 aliphatic rings. The van der Waals surface area contributed by atoms with Crippen LogP contribution in [0.5, 0.6) is 0 Å². The SMILES string of the molecule is CCCCNC(=O)/C(C#N)=C/c1cccc(NC(=O)c2ccccc2Cl)c1. The number of carbonyl (C=O) groups is 2. The number of nitrogens with one attached hydrogen (secondary N) is 2. The van der Waals surface area contributed by atoms with Crippen molar-refractivity contribution in [3.05, 3.63) is 70.3 Å². The van der Waals surface area contributed by atoms with E-state index in [0.717, 1.165) is 12.8 Å². The second-order valence-electron chi connectivity index (χ2n) is 5.84. The first kappa shape index (κ1) is 20.2. The Hall–Kier alpha value is -3.10. The van der Waals surface area contributed by atoms with Gasteiger partial charge in [0.1, 0.15) is 11.6 Å². The molecule has 2 amide bonds. The van der Waals surface area contributed by atoms with Gasteiger partial charge in [-0.2, -0.15) is 5.26 Å². The van der Waals surface area contributed by atoms with Crippen molar-refractivity contribution < 1.29 is 9.59 Å². The molecule has 2 aromatic carbocycles. The van der Waals surface area contributed by atoms with E-state index in [9.17, 15) is 14.9 Å². The van der Waals surface area contributed by atoms with Gasteiger partial charge >= 0.3 is 0 Å². The zero-order chi connectivity index (χ0) is 19.6. The summed E-state index contributed by atoms with van der Waals surface area (Å²) in [6.07, 6.45) is 3.31. The highest BCUT2D eigenvalue weighted by Crippen LogP contribution is 2.19. The van der Waals surface area contributed by atoms with E-state index in [0.29, 0.717) is 28.4 Å². The molecule has 0 atom stereocenters. The lowest BCUT2D eigenvalue weighted by Crippen LogP contribution is -2.25. The number of halogens is 1. The van der Waals surface area contributed by atoms with Crippen LogP contribution >= 0.6 is 11.6 Å². The molecule has 0 fully saturated rings. The molecule has 0 saturated carbocycles. The van der Waals surface area contributed by atoms with E-state index in [1.54, 1.807) is 48.5 Å². The quantitative estimate of drug-likeness (QED) is 0.423. The lowest BCUT2D eigenvalue weighted by Gasteiger charge is -2.08. The summed E-state index contributed by atoms with van der Waals surface area (Å²) in [4.78, 5) is 24.4. The normalized spacial score (nSPS) is 10.8. The van der Waals surface area contributed by atoms with Crippen LogP contribution in [-0.2, 0) is 4.79 Å². The van der Waals surface area contributed by atoms with Gasteiger partial charge in [0.2, 0.25) is 0 Å². The van der Waals surface area contributed by atoms with Gasteiger partial charge in [-0.3, -0.25) is 9.59 Å². The molecule has 138 valence electrons. The molecule has 0 bridgehead atoms. The summed E-state index contributed by atoms with van der Waals surface area (Å²) in [7, 11) is 0. The maximum Gasteiger partial charge on any atom is 0.261 e. The zero-order valence-electron chi connectivity index (χ0n) is 15.0. The molecule has 0 aromatic heterocycles. The van der Waals surface area contributed by atoms with Crippen molar-refractivity contribution in [3.8, 4) is 6.07 Å². The number of anilines is 1. The zero-order valence-corrected chi connectivity index (χ0v) is 15.7. The summed E-state index contributed by atoms with van der Waals surface area (Å²) < 4.78 is 0. The second kappa shape index (κ2) is 10.1. The van der Waals surface area contributed by atoms with E-state index in [-0.39, 0.29) is 11.5 Å². The molecule has 2 rings (SSSR count). The number of unbranched alkanes of at least 4 members (excludes halogenated alkanes) is 1. The highest BCUT2D eigenvalue weighted by molar-refractivity contribution is 6.34. The molecule has 0 saturated heterocycles. The van der Waals surface area contributed by atoms with Crippen LogP contribution in [0, 0.1) is 11.3 Å². The Balaban J connectivity index is 2.14.